The molecule has 24 heavy (non-hydrogen) atoms. The van der Waals surface area contributed by atoms with Crippen LogP contribution in [0.1, 0.15) is 41.6 Å². The summed E-state index contributed by atoms with van der Waals surface area (Å²) in [4.78, 5) is 23.0. The maximum absolute atomic E-state index is 12.5. The quantitative estimate of drug-likeness (QED) is 0.825. The largest absolute Gasteiger partial charge is 0.480 e. The van der Waals surface area contributed by atoms with Crippen LogP contribution in [0.3, 0.4) is 0 Å². The van der Waals surface area contributed by atoms with Crippen LogP contribution in [0.15, 0.2) is 22.7 Å². The van der Waals surface area contributed by atoms with Crippen molar-refractivity contribution in [2.75, 3.05) is 11.9 Å². The zero-order valence-corrected chi connectivity index (χ0v) is 14.2. The Balaban J connectivity index is 2.17. The van der Waals surface area contributed by atoms with Gasteiger partial charge in [-0.2, -0.15) is 0 Å². The molecule has 0 aliphatic rings. The third-order valence-corrected chi connectivity index (χ3v) is 3.48. The van der Waals surface area contributed by atoms with E-state index in [-0.39, 0.29) is 22.6 Å². The Morgan fingerprint density at radius 1 is 1.42 bits per heavy atom. The van der Waals surface area contributed by atoms with E-state index in [1.54, 1.807) is 13.0 Å². The fraction of sp³-hybridized carbons (Fsp3) is 0.312. The second kappa shape index (κ2) is 7.35. The number of aryl methyl sites for hydroxylation is 1. The SMILES string of the molecule is Cc1noc(C(C)C)c1C(=O)Nc1ccc(OCC(=O)O)c(Cl)c1. The highest BCUT2D eigenvalue weighted by Gasteiger charge is 2.22. The molecule has 0 radical (unpaired) electrons. The van der Waals surface area contributed by atoms with Crippen molar-refractivity contribution in [3.63, 3.8) is 0 Å². The number of nitrogens with zero attached hydrogens (tertiary/aromatic N) is 1. The molecular formula is C16H17ClN2O5. The fourth-order valence-corrected chi connectivity index (χ4v) is 2.32. The molecule has 0 spiro atoms. The summed E-state index contributed by atoms with van der Waals surface area (Å²) < 4.78 is 10.2. The minimum atomic E-state index is -1.10. The fourth-order valence-electron chi connectivity index (χ4n) is 2.09. The Labute approximate surface area is 143 Å². The molecule has 2 N–H and O–H groups in total. The normalized spacial score (nSPS) is 10.7. The molecule has 0 bridgehead atoms. The second-order valence-corrected chi connectivity index (χ2v) is 5.85. The number of carbonyl (C=O) groups excluding carboxylic acids is 1. The Morgan fingerprint density at radius 3 is 2.71 bits per heavy atom. The minimum absolute atomic E-state index is 0.0160. The lowest BCUT2D eigenvalue weighted by atomic mass is 10.0. The van der Waals surface area contributed by atoms with Gasteiger partial charge < -0.3 is 19.7 Å². The average molecular weight is 353 g/mol. The molecule has 2 rings (SSSR count). The summed E-state index contributed by atoms with van der Waals surface area (Å²) in [6, 6.07) is 4.54. The van der Waals surface area contributed by atoms with Gasteiger partial charge in [-0.3, -0.25) is 4.79 Å². The summed E-state index contributed by atoms with van der Waals surface area (Å²) in [6.45, 7) is 5.01. The summed E-state index contributed by atoms with van der Waals surface area (Å²) >= 11 is 6.03. The number of hydrogen-bond acceptors (Lipinski definition) is 5. The lowest BCUT2D eigenvalue weighted by Gasteiger charge is -2.10. The zero-order chi connectivity index (χ0) is 17.9. The molecule has 7 nitrogen and oxygen atoms in total. The third-order valence-electron chi connectivity index (χ3n) is 3.18. The van der Waals surface area contributed by atoms with E-state index in [2.05, 4.69) is 10.5 Å². The van der Waals surface area contributed by atoms with Crippen LogP contribution in [0.4, 0.5) is 5.69 Å². The van der Waals surface area contributed by atoms with E-state index in [0.29, 0.717) is 22.7 Å². The molecule has 0 atom stereocenters. The molecule has 0 saturated carbocycles. The highest BCUT2D eigenvalue weighted by molar-refractivity contribution is 6.32. The Morgan fingerprint density at radius 2 is 2.12 bits per heavy atom. The molecule has 8 heteroatoms. The molecule has 1 aromatic heterocycles. The van der Waals surface area contributed by atoms with Gasteiger partial charge in [-0.25, -0.2) is 4.79 Å². The van der Waals surface area contributed by atoms with E-state index in [1.807, 2.05) is 13.8 Å². The van der Waals surface area contributed by atoms with Crippen molar-refractivity contribution >= 4 is 29.2 Å². The van der Waals surface area contributed by atoms with Crippen LogP contribution in [0.25, 0.3) is 0 Å². The van der Waals surface area contributed by atoms with E-state index in [4.69, 9.17) is 26.0 Å². The number of nitrogens with one attached hydrogen (secondary N) is 1. The number of hydrogen-bond donors (Lipinski definition) is 2. The maximum Gasteiger partial charge on any atom is 0.341 e. The van der Waals surface area contributed by atoms with Crippen molar-refractivity contribution in [1.82, 2.24) is 5.16 Å². The van der Waals surface area contributed by atoms with Gasteiger partial charge in [0.25, 0.3) is 5.91 Å². The smallest absolute Gasteiger partial charge is 0.341 e. The molecule has 1 amide bonds. The molecule has 0 saturated heterocycles. The summed E-state index contributed by atoms with van der Waals surface area (Å²) in [7, 11) is 0. The van der Waals surface area contributed by atoms with E-state index >= 15 is 0 Å². The van der Waals surface area contributed by atoms with Crippen molar-refractivity contribution in [3.05, 3.63) is 40.2 Å². The van der Waals surface area contributed by atoms with E-state index in [9.17, 15) is 9.59 Å². The number of ether oxygens (including phenoxy) is 1. The molecule has 128 valence electrons. The van der Waals surface area contributed by atoms with Crippen molar-refractivity contribution < 1.29 is 24.0 Å². The van der Waals surface area contributed by atoms with Crippen LogP contribution in [0.2, 0.25) is 5.02 Å². The lowest BCUT2D eigenvalue weighted by Crippen LogP contribution is -2.15. The first-order valence-corrected chi connectivity index (χ1v) is 7.59. The Hall–Kier alpha value is -2.54. The molecule has 1 aromatic carbocycles. The predicted molar refractivity (Wildman–Crippen MR) is 87.9 cm³/mol. The van der Waals surface area contributed by atoms with Gasteiger partial charge in [-0.1, -0.05) is 30.6 Å². The molecule has 0 aliphatic carbocycles. The molecule has 1 heterocycles. The summed E-state index contributed by atoms with van der Waals surface area (Å²) in [5.41, 5.74) is 1.35. The van der Waals surface area contributed by atoms with Gasteiger partial charge in [0.15, 0.2) is 12.4 Å². The summed E-state index contributed by atoms with van der Waals surface area (Å²) in [5, 5.41) is 15.3. The van der Waals surface area contributed by atoms with E-state index < -0.39 is 12.6 Å². The van der Waals surface area contributed by atoms with E-state index in [0.717, 1.165) is 0 Å². The van der Waals surface area contributed by atoms with Gasteiger partial charge in [-0.05, 0) is 25.1 Å². The van der Waals surface area contributed by atoms with Crippen molar-refractivity contribution in [1.29, 1.82) is 0 Å². The number of carbonyl (C=O) groups is 2. The van der Waals surface area contributed by atoms with Gasteiger partial charge in [0.05, 0.1) is 10.7 Å². The number of aromatic nitrogens is 1. The highest BCUT2D eigenvalue weighted by atomic mass is 35.5. The number of anilines is 1. The monoisotopic (exact) mass is 352 g/mol. The molecule has 0 unspecified atom stereocenters. The van der Waals surface area contributed by atoms with Gasteiger partial charge in [0.2, 0.25) is 0 Å². The maximum atomic E-state index is 12.5. The first-order chi connectivity index (χ1) is 11.3. The minimum Gasteiger partial charge on any atom is -0.480 e. The molecule has 2 aromatic rings. The molecular weight excluding hydrogens is 336 g/mol. The van der Waals surface area contributed by atoms with E-state index in [1.165, 1.54) is 12.1 Å². The lowest BCUT2D eigenvalue weighted by molar-refractivity contribution is -0.139. The summed E-state index contributed by atoms with van der Waals surface area (Å²) in [6.07, 6.45) is 0. The number of halogens is 1. The zero-order valence-electron chi connectivity index (χ0n) is 13.4. The first-order valence-electron chi connectivity index (χ1n) is 7.21. The standard InChI is InChI=1S/C16H17ClN2O5/c1-8(2)15-14(9(3)19-24-15)16(22)18-10-4-5-12(11(17)6-10)23-7-13(20)21/h4-6,8H,7H2,1-3H3,(H,18,22)(H,20,21). The van der Waals surface area contributed by atoms with Gasteiger partial charge in [-0.15, -0.1) is 0 Å². The summed E-state index contributed by atoms with van der Waals surface area (Å²) in [5.74, 6) is -0.707. The van der Waals surface area contributed by atoms with Crippen LogP contribution in [-0.4, -0.2) is 28.7 Å². The average Bonchev–Trinajstić information content (AvgIpc) is 2.88. The van der Waals surface area contributed by atoms with Crippen LogP contribution < -0.4 is 10.1 Å². The number of carboxylic acid groups (broad SMARTS) is 1. The van der Waals surface area contributed by atoms with Crippen molar-refractivity contribution in [2.45, 2.75) is 26.7 Å². The second-order valence-electron chi connectivity index (χ2n) is 5.44. The predicted octanol–water partition coefficient (Wildman–Crippen LogP) is 3.48. The number of carboxylic acids is 1. The van der Waals surface area contributed by atoms with Gasteiger partial charge in [0.1, 0.15) is 11.3 Å². The van der Waals surface area contributed by atoms with Crippen molar-refractivity contribution in [2.24, 2.45) is 0 Å². The Bertz CT molecular complexity index is 770. The van der Waals surface area contributed by atoms with Crippen molar-refractivity contribution in [3.8, 4) is 5.75 Å². The number of aliphatic carboxylic acids is 1. The number of benzene rings is 1. The molecule has 0 fully saturated rings. The molecule has 0 aliphatic heterocycles. The van der Waals surface area contributed by atoms with Gasteiger partial charge >= 0.3 is 5.97 Å². The topological polar surface area (TPSA) is 102 Å². The number of amides is 1. The first kappa shape index (κ1) is 17.8. The highest BCUT2D eigenvalue weighted by Crippen LogP contribution is 2.29. The third kappa shape index (κ3) is 4.05. The van der Waals surface area contributed by atoms with Gasteiger partial charge in [0, 0.05) is 11.6 Å². The van der Waals surface area contributed by atoms with Crippen LogP contribution in [0, 0.1) is 6.92 Å². The van der Waals surface area contributed by atoms with Crippen LogP contribution >= 0.6 is 11.6 Å². The number of rotatable bonds is 6. The Kier molecular flexibility index (Phi) is 5.46. The van der Waals surface area contributed by atoms with Crippen LogP contribution in [-0.2, 0) is 4.79 Å². The van der Waals surface area contributed by atoms with Crippen LogP contribution in [0.5, 0.6) is 5.75 Å².